The molecule has 7 heterocycles. The van der Waals surface area contributed by atoms with E-state index < -0.39 is 0 Å². The number of hydrogen-bond acceptors (Lipinski definition) is 13. The molecule has 7 aromatic heterocycles. The zero-order valence-corrected chi connectivity index (χ0v) is 76.5. The molecule has 13 nitrogen and oxygen atoms in total. The zero-order chi connectivity index (χ0) is 92.5. The molecule has 0 saturated heterocycles. The van der Waals surface area contributed by atoms with E-state index in [9.17, 15) is 0 Å². The summed E-state index contributed by atoms with van der Waals surface area (Å²) in [5, 5.41) is 6.95. The molecule has 0 N–H and O–H groups in total. The van der Waals surface area contributed by atoms with Crippen molar-refractivity contribution in [3.05, 3.63) is 446 Å². The lowest BCUT2D eigenvalue weighted by Crippen LogP contribution is -2.14. The molecule has 3 aliphatic carbocycles. The minimum absolute atomic E-state index is 0.0626. The van der Waals surface area contributed by atoms with E-state index in [1.165, 1.54) is 82.9 Å². The summed E-state index contributed by atoms with van der Waals surface area (Å²) in [4.78, 5) is 48.4. The van der Waals surface area contributed by atoms with Gasteiger partial charge in [-0.3, -0.25) is 4.98 Å². The van der Waals surface area contributed by atoms with E-state index in [1.807, 2.05) is 170 Å². The number of hydrogen-bond donors (Lipinski definition) is 0. The third-order valence-corrected chi connectivity index (χ3v) is 27.9. The van der Waals surface area contributed by atoms with Crippen molar-refractivity contribution >= 4 is 65.8 Å². The Kier molecular flexibility index (Phi) is 19.6. The maximum absolute atomic E-state index is 6.70. The third-order valence-electron chi connectivity index (χ3n) is 27.9. The van der Waals surface area contributed by atoms with Gasteiger partial charge in [-0.25, -0.2) is 44.9 Å². The van der Waals surface area contributed by atoms with Crippen LogP contribution in [0.4, 0.5) is 0 Å². The van der Waals surface area contributed by atoms with Gasteiger partial charge in [-0.1, -0.05) is 412 Å². The molecule has 654 valence electrons. The van der Waals surface area contributed by atoms with Crippen molar-refractivity contribution in [3.8, 4) is 169 Å². The zero-order valence-electron chi connectivity index (χ0n) is 76.5. The summed E-state index contributed by atoms with van der Waals surface area (Å²) in [7, 11) is 0. The van der Waals surface area contributed by atoms with Crippen molar-refractivity contribution in [2.75, 3.05) is 0 Å². The van der Waals surface area contributed by atoms with E-state index in [1.54, 1.807) is 6.20 Å². The smallest absolute Gasteiger partial charge is 0.182 e. The SMILES string of the molecule is CC1(C)c2ccccc2-c2c1ccc1oc3c(-c4ccc(-c5nc(-c6ccccc6)nc(-c6ccccc6)n5)cc4)cccc3c21.CC1(C)c2ccccc2-c2c1ccc1oc3c(-c4ccc(-c5nc(-c6ccccc6)nc(-c6ccccn6)n5)cc4)cccc3c21.CC1(C)c2ccccc2-c2c1ccc1oc3c(-c4cccc(-c5nc(-c6ccccc6)nc(-c6ccccc6)n5)c4)cccc3c21. The van der Waals surface area contributed by atoms with Crippen LogP contribution in [0.5, 0.6) is 0 Å². The maximum atomic E-state index is 6.70. The number of aromatic nitrogens is 10. The quantitative estimate of drug-likeness (QED) is 0.113. The number of benzene rings is 17. The maximum Gasteiger partial charge on any atom is 0.182 e. The molecule has 0 saturated carbocycles. The first-order valence-electron chi connectivity index (χ1n) is 46.7. The highest BCUT2D eigenvalue weighted by molar-refractivity contribution is 6.20. The Bertz CT molecular complexity index is 8430. The highest BCUT2D eigenvalue weighted by Crippen LogP contribution is 2.58. The van der Waals surface area contributed by atoms with Gasteiger partial charge in [0.05, 0.1) is 0 Å². The minimum atomic E-state index is -0.0720. The number of para-hydroxylation sites is 3. The fourth-order valence-electron chi connectivity index (χ4n) is 21.1. The largest absolute Gasteiger partial charge is 0.455 e. The highest BCUT2D eigenvalue weighted by Gasteiger charge is 2.41. The van der Waals surface area contributed by atoms with Crippen LogP contribution in [0, 0.1) is 0 Å². The van der Waals surface area contributed by atoms with E-state index >= 15 is 0 Å². The predicted molar refractivity (Wildman–Crippen MR) is 557 cm³/mol. The highest BCUT2D eigenvalue weighted by atomic mass is 16.3. The molecule has 0 bridgehead atoms. The molecule has 3 aliphatic rings. The van der Waals surface area contributed by atoms with Crippen LogP contribution >= 0.6 is 0 Å². The Hall–Kier alpha value is -17.7. The molecule has 0 spiro atoms. The summed E-state index contributed by atoms with van der Waals surface area (Å²) in [6.07, 6.45) is 1.75. The second kappa shape index (κ2) is 32.9. The first kappa shape index (κ1) is 82.2. The van der Waals surface area contributed by atoms with Crippen LogP contribution in [-0.4, -0.2) is 49.8 Å². The average Bonchev–Trinajstić information content (AvgIpc) is 1.56. The standard InChI is InChI=1S/2C42H29N3O.C41H28N4O/c1-42(2)33-22-10-9-19-31(33)36-34(42)23-24-35-37(36)32-21-12-20-30(38(32)46-35)28-17-11-18-29(25-28)41-44-39(26-13-5-3-6-14-26)43-40(45-41)27-15-7-4-8-16-27;1-42(2)33-19-10-9-16-31(33)36-34(42)24-25-35-37(36)32-18-11-17-30(38(32)46-35)26-20-22-29(23-21-26)41-44-39(27-12-5-3-6-13-27)43-40(45-41)28-14-7-4-8-15-28;1-41(2)31-16-7-6-13-29(31)35-32(41)22-23-34-36(35)30-15-10-14-28(37(30)46-34)25-18-20-27(21-19-25)39-43-38(26-11-4-3-5-12-26)44-40(45-39)33-17-8-9-24-42-33/h2*3-25H,1-2H3;3-24H,1-2H3. The van der Waals surface area contributed by atoms with Gasteiger partial charge in [0, 0.05) is 116 Å². The Morgan fingerprint density at radius 1 is 0.181 bits per heavy atom. The van der Waals surface area contributed by atoms with E-state index in [4.69, 9.17) is 58.1 Å². The van der Waals surface area contributed by atoms with Crippen molar-refractivity contribution in [3.63, 3.8) is 0 Å². The Morgan fingerprint density at radius 3 is 0.746 bits per heavy atom. The molecule has 13 heteroatoms. The van der Waals surface area contributed by atoms with Gasteiger partial charge in [-0.15, -0.1) is 0 Å². The molecule has 0 radical (unpaired) electrons. The van der Waals surface area contributed by atoms with Crippen molar-refractivity contribution in [2.24, 2.45) is 0 Å². The van der Waals surface area contributed by atoms with Crippen molar-refractivity contribution in [1.82, 2.24) is 49.8 Å². The average molecular weight is 1780 g/mol. The van der Waals surface area contributed by atoms with Gasteiger partial charge in [-0.2, -0.15) is 0 Å². The predicted octanol–water partition coefficient (Wildman–Crippen LogP) is 31.6. The lowest BCUT2D eigenvalue weighted by atomic mass is 9.82. The summed E-state index contributed by atoms with van der Waals surface area (Å²) in [5.41, 5.74) is 35.6. The molecule has 0 unspecified atom stereocenters. The molecule has 138 heavy (non-hydrogen) atoms. The fraction of sp³-hybridized carbons (Fsp3) is 0.0720. The van der Waals surface area contributed by atoms with Gasteiger partial charge in [0.1, 0.15) is 39.2 Å². The summed E-state index contributed by atoms with van der Waals surface area (Å²) in [5.74, 6) is 5.60. The lowest BCUT2D eigenvalue weighted by molar-refractivity contribution is 0.656. The van der Waals surface area contributed by atoms with E-state index in [2.05, 4.69) is 283 Å². The Labute approximate surface area is 796 Å². The first-order chi connectivity index (χ1) is 67.7. The molecule has 0 amide bonds. The number of fused-ring (bicyclic) bond motifs is 21. The summed E-state index contributed by atoms with van der Waals surface area (Å²) < 4.78 is 20.0. The minimum Gasteiger partial charge on any atom is -0.455 e. The van der Waals surface area contributed by atoms with Gasteiger partial charge in [0.2, 0.25) is 0 Å². The lowest BCUT2D eigenvalue weighted by Gasteiger charge is -2.21. The second-order valence-corrected chi connectivity index (χ2v) is 37.1. The first-order valence-corrected chi connectivity index (χ1v) is 46.7. The molecule has 17 aromatic carbocycles. The van der Waals surface area contributed by atoms with E-state index in [-0.39, 0.29) is 16.2 Å². The summed E-state index contributed by atoms with van der Waals surface area (Å²) >= 11 is 0. The van der Waals surface area contributed by atoms with Crippen LogP contribution in [0.2, 0.25) is 0 Å². The van der Waals surface area contributed by atoms with Gasteiger partial charge < -0.3 is 13.3 Å². The second-order valence-electron chi connectivity index (χ2n) is 37.1. The van der Waals surface area contributed by atoms with E-state index in [0.717, 1.165) is 128 Å². The third kappa shape index (κ3) is 13.9. The van der Waals surface area contributed by atoms with Gasteiger partial charge >= 0.3 is 0 Å². The van der Waals surface area contributed by atoms with Gasteiger partial charge in [0.15, 0.2) is 52.4 Å². The molecular formula is C125H86N10O3. The van der Waals surface area contributed by atoms with Crippen molar-refractivity contribution in [2.45, 2.75) is 57.8 Å². The fourth-order valence-corrected chi connectivity index (χ4v) is 21.1. The van der Waals surface area contributed by atoms with E-state index in [0.29, 0.717) is 58.1 Å². The number of rotatable bonds is 12. The summed E-state index contributed by atoms with van der Waals surface area (Å²) in [6, 6.07) is 140. The molecule has 27 rings (SSSR count). The number of furan rings is 3. The van der Waals surface area contributed by atoms with Crippen LogP contribution in [0.25, 0.3) is 235 Å². The van der Waals surface area contributed by atoms with Crippen molar-refractivity contribution in [1.29, 1.82) is 0 Å². The molecule has 24 aromatic rings. The molecule has 0 fully saturated rings. The topological polar surface area (TPSA) is 168 Å². The van der Waals surface area contributed by atoms with Crippen LogP contribution in [0.1, 0.15) is 74.9 Å². The molecule has 0 atom stereocenters. The van der Waals surface area contributed by atoms with Crippen LogP contribution in [-0.2, 0) is 16.2 Å². The number of pyridine rings is 1. The van der Waals surface area contributed by atoms with Gasteiger partial charge in [-0.05, 0) is 120 Å². The Balaban J connectivity index is 0.000000110. The molecule has 0 aliphatic heterocycles. The van der Waals surface area contributed by atoms with Gasteiger partial charge in [0.25, 0.3) is 0 Å². The van der Waals surface area contributed by atoms with Crippen molar-refractivity contribution < 1.29 is 13.3 Å². The summed E-state index contributed by atoms with van der Waals surface area (Å²) in [6.45, 7) is 13.9. The monoisotopic (exact) mass is 1770 g/mol. The van der Waals surface area contributed by atoms with Crippen LogP contribution in [0.3, 0.4) is 0 Å². The number of nitrogens with zero attached hydrogens (tertiary/aromatic N) is 10. The van der Waals surface area contributed by atoms with Crippen LogP contribution < -0.4 is 0 Å². The molecular weight excluding hydrogens is 1690 g/mol. The van der Waals surface area contributed by atoms with Crippen LogP contribution in [0.15, 0.2) is 426 Å². The Morgan fingerprint density at radius 2 is 0.428 bits per heavy atom. The normalized spacial score (nSPS) is 13.2.